The van der Waals surface area contributed by atoms with E-state index in [-0.39, 0.29) is 22.5 Å². The summed E-state index contributed by atoms with van der Waals surface area (Å²) >= 11 is 0. The van der Waals surface area contributed by atoms with E-state index in [0.717, 1.165) is 6.07 Å². The molecular formula is C17H13F2N3O2. The van der Waals surface area contributed by atoms with Gasteiger partial charge in [-0.25, -0.2) is 13.8 Å². The van der Waals surface area contributed by atoms with Gasteiger partial charge in [-0.05, 0) is 18.2 Å². The van der Waals surface area contributed by atoms with Gasteiger partial charge < -0.3 is 16.2 Å². The lowest BCUT2D eigenvalue weighted by Gasteiger charge is -2.14. The summed E-state index contributed by atoms with van der Waals surface area (Å²) in [6.45, 7) is 0. The zero-order valence-electron chi connectivity index (χ0n) is 12.6. The van der Waals surface area contributed by atoms with Crippen molar-refractivity contribution >= 4 is 22.6 Å². The molecule has 4 N–H and O–H groups in total. The molecule has 0 saturated heterocycles. The summed E-state index contributed by atoms with van der Waals surface area (Å²) in [6, 6.07) is 8.46. The van der Waals surface area contributed by atoms with Gasteiger partial charge >= 0.3 is 0 Å². The van der Waals surface area contributed by atoms with Gasteiger partial charge in [0.1, 0.15) is 11.6 Å². The van der Waals surface area contributed by atoms with Gasteiger partial charge in [0.15, 0.2) is 11.6 Å². The first-order chi connectivity index (χ1) is 11.4. The standard InChI is InChI=1S/C17H13F2N3O2/c1-24-8-5-6-9-12(7-8)22-16(20)14(17(21)23)13(9)10-3-2-4-11(18)15(10)19/h2-7H,1H3,(H2,20,22)(H2,21,23). The number of hydrogen-bond acceptors (Lipinski definition) is 4. The van der Waals surface area contributed by atoms with Crippen LogP contribution in [-0.2, 0) is 0 Å². The zero-order chi connectivity index (χ0) is 17.4. The molecule has 0 spiro atoms. The highest BCUT2D eigenvalue weighted by molar-refractivity contribution is 6.11. The van der Waals surface area contributed by atoms with Crippen LogP contribution in [0.4, 0.5) is 14.6 Å². The number of methoxy groups -OCH3 is 1. The maximum Gasteiger partial charge on any atom is 0.253 e. The van der Waals surface area contributed by atoms with E-state index in [2.05, 4.69) is 4.98 Å². The van der Waals surface area contributed by atoms with Crippen LogP contribution in [0.25, 0.3) is 22.0 Å². The lowest BCUT2D eigenvalue weighted by Crippen LogP contribution is -2.17. The number of pyridine rings is 1. The molecule has 0 unspecified atom stereocenters. The molecule has 0 radical (unpaired) electrons. The smallest absolute Gasteiger partial charge is 0.253 e. The number of anilines is 1. The Kier molecular flexibility index (Phi) is 3.76. The second kappa shape index (κ2) is 5.77. The first kappa shape index (κ1) is 15.7. The second-order valence-electron chi connectivity index (χ2n) is 5.10. The van der Waals surface area contributed by atoms with Gasteiger partial charge in [0.25, 0.3) is 5.91 Å². The van der Waals surface area contributed by atoms with Gasteiger partial charge in [-0.3, -0.25) is 4.79 Å². The maximum absolute atomic E-state index is 14.3. The summed E-state index contributed by atoms with van der Waals surface area (Å²) in [4.78, 5) is 16.0. The molecule has 0 fully saturated rings. The minimum absolute atomic E-state index is 0.102. The molecule has 1 aromatic heterocycles. The number of rotatable bonds is 3. The number of ether oxygens (including phenoxy) is 1. The SMILES string of the molecule is COc1ccc2c(-c3cccc(F)c3F)c(C(N)=O)c(N)nc2c1. The van der Waals surface area contributed by atoms with Crippen LogP contribution < -0.4 is 16.2 Å². The summed E-state index contributed by atoms with van der Waals surface area (Å²) < 4.78 is 33.1. The van der Waals surface area contributed by atoms with Crippen LogP contribution in [-0.4, -0.2) is 18.0 Å². The van der Waals surface area contributed by atoms with Crippen LogP contribution in [0.2, 0.25) is 0 Å². The van der Waals surface area contributed by atoms with Crippen molar-refractivity contribution in [1.29, 1.82) is 0 Å². The number of nitrogen functional groups attached to an aromatic ring is 1. The van der Waals surface area contributed by atoms with Crippen molar-refractivity contribution in [3.63, 3.8) is 0 Å². The quantitative estimate of drug-likeness (QED) is 0.773. The number of benzene rings is 2. The van der Waals surface area contributed by atoms with Crippen molar-refractivity contribution in [2.45, 2.75) is 0 Å². The highest BCUT2D eigenvalue weighted by atomic mass is 19.2. The molecular weight excluding hydrogens is 316 g/mol. The first-order valence-electron chi connectivity index (χ1n) is 6.95. The van der Waals surface area contributed by atoms with Gasteiger partial charge in [-0.15, -0.1) is 0 Å². The minimum Gasteiger partial charge on any atom is -0.497 e. The van der Waals surface area contributed by atoms with E-state index in [1.54, 1.807) is 18.2 Å². The highest BCUT2D eigenvalue weighted by Crippen LogP contribution is 2.37. The van der Waals surface area contributed by atoms with E-state index in [4.69, 9.17) is 16.2 Å². The van der Waals surface area contributed by atoms with Crippen LogP contribution in [0.1, 0.15) is 10.4 Å². The Balaban J connectivity index is 2.49. The number of hydrogen-bond donors (Lipinski definition) is 2. The normalized spacial score (nSPS) is 10.8. The number of aromatic nitrogens is 1. The summed E-state index contributed by atoms with van der Waals surface area (Å²) in [6.07, 6.45) is 0. The summed E-state index contributed by atoms with van der Waals surface area (Å²) in [5.41, 5.74) is 11.4. The molecule has 3 aromatic rings. The number of nitrogens with zero attached hydrogens (tertiary/aromatic N) is 1. The van der Waals surface area contributed by atoms with E-state index in [0.29, 0.717) is 16.7 Å². The molecule has 0 saturated carbocycles. The van der Waals surface area contributed by atoms with Crippen molar-refractivity contribution in [1.82, 2.24) is 4.98 Å². The second-order valence-corrected chi connectivity index (χ2v) is 5.10. The molecule has 0 aliphatic heterocycles. The Morgan fingerprint density at radius 3 is 2.62 bits per heavy atom. The zero-order valence-corrected chi connectivity index (χ0v) is 12.6. The molecule has 3 rings (SSSR count). The maximum atomic E-state index is 14.3. The Bertz CT molecular complexity index is 974. The number of fused-ring (bicyclic) bond motifs is 1. The largest absolute Gasteiger partial charge is 0.497 e. The highest BCUT2D eigenvalue weighted by Gasteiger charge is 2.22. The fraction of sp³-hybridized carbons (Fsp3) is 0.0588. The Labute approximate surface area is 135 Å². The molecule has 122 valence electrons. The monoisotopic (exact) mass is 329 g/mol. The Morgan fingerprint density at radius 2 is 1.96 bits per heavy atom. The van der Waals surface area contributed by atoms with Crippen molar-refractivity contribution in [2.75, 3.05) is 12.8 Å². The minimum atomic E-state index is -1.09. The molecule has 0 atom stereocenters. The molecule has 1 amide bonds. The third-order valence-electron chi connectivity index (χ3n) is 3.69. The van der Waals surface area contributed by atoms with E-state index in [9.17, 15) is 13.6 Å². The van der Waals surface area contributed by atoms with Gasteiger partial charge in [0.2, 0.25) is 0 Å². The molecule has 0 aliphatic carbocycles. The van der Waals surface area contributed by atoms with Crippen LogP contribution in [0.3, 0.4) is 0 Å². The van der Waals surface area contributed by atoms with Crippen molar-refractivity contribution in [2.24, 2.45) is 5.73 Å². The summed E-state index contributed by atoms with van der Waals surface area (Å²) in [7, 11) is 1.48. The lowest BCUT2D eigenvalue weighted by atomic mass is 9.94. The molecule has 24 heavy (non-hydrogen) atoms. The van der Waals surface area contributed by atoms with Gasteiger partial charge in [-0.2, -0.15) is 0 Å². The van der Waals surface area contributed by atoms with Gasteiger partial charge in [0, 0.05) is 22.6 Å². The molecule has 5 nitrogen and oxygen atoms in total. The molecule has 2 aromatic carbocycles. The van der Waals surface area contributed by atoms with E-state index < -0.39 is 17.5 Å². The van der Waals surface area contributed by atoms with E-state index in [1.807, 2.05) is 0 Å². The Hall–Kier alpha value is -3.22. The topological polar surface area (TPSA) is 91.2 Å². The van der Waals surface area contributed by atoms with Crippen molar-refractivity contribution in [3.8, 4) is 16.9 Å². The third kappa shape index (κ3) is 2.40. The van der Waals surface area contributed by atoms with Gasteiger partial charge in [-0.1, -0.05) is 12.1 Å². The fourth-order valence-corrected chi connectivity index (χ4v) is 2.62. The number of halogens is 2. The van der Waals surface area contributed by atoms with Crippen molar-refractivity contribution in [3.05, 3.63) is 53.6 Å². The number of carbonyl (C=O) groups is 1. The number of carbonyl (C=O) groups excluding carboxylic acids is 1. The molecule has 0 aliphatic rings. The molecule has 0 bridgehead atoms. The van der Waals surface area contributed by atoms with E-state index >= 15 is 0 Å². The molecule has 7 heteroatoms. The van der Waals surface area contributed by atoms with Gasteiger partial charge in [0.05, 0.1) is 18.2 Å². The predicted octanol–water partition coefficient (Wildman–Crippen LogP) is 2.87. The van der Waals surface area contributed by atoms with Crippen molar-refractivity contribution < 1.29 is 18.3 Å². The number of amides is 1. The van der Waals surface area contributed by atoms with Crippen LogP contribution >= 0.6 is 0 Å². The number of primary amides is 1. The fourth-order valence-electron chi connectivity index (χ4n) is 2.62. The van der Waals surface area contributed by atoms with Crippen LogP contribution in [0.15, 0.2) is 36.4 Å². The lowest BCUT2D eigenvalue weighted by molar-refractivity contribution is 0.100. The average Bonchev–Trinajstić information content (AvgIpc) is 2.55. The Morgan fingerprint density at radius 1 is 1.21 bits per heavy atom. The third-order valence-corrected chi connectivity index (χ3v) is 3.69. The van der Waals surface area contributed by atoms with E-state index in [1.165, 1.54) is 19.2 Å². The summed E-state index contributed by atoms with van der Waals surface area (Å²) in [5.74, 6) is -2.67. The summed E-state index contributed by atoms with van der Waals surface area (Å²) in [5, 5.41) is 0.406. The van der Waals surface area contributed by atoms with Crippen LogP contribution in [0.5, 0.6) is 5.75 Å². The average molecular weight is 329 g/mol. The number of nitrogens with two attached hydrogens (primary N) is 2. The first-order valence-corrected chi connectivity index (χ1v) is 6.95. The molecule has 1 heterocycles. The van der Waals surface area contributed by atoms with Crippen LogP contribution in [0, 0.1) is 11.6 Å². The predicted molar refractivity (Wildman–Crippen MR) is 86.6 cm³/mol.